The molecule has 2 N–H and O–H groups in total. The molecule has 6 nitrogen and oxygen atoms in total. The minimum Gasteiger partial charge on any atom is -0.459 e. The van der Waals surface area contributed by atoms with E-state index in [1.807, 2.05) is 30.3 Å². The Hall–Kier alpha value is -2.76. The maximum Gasteiger partial charge on any atom is 0.407 e. The number of alkyl carbamates (subject to hydrolysis) is 1. The summed E-state index contributed by atoms with van der Waals surface area (Å²) in [7, 11) is 0. The van der Waals surface area contributed by atoms with Gasteiger partial charge in [0.1, 0.15) is 0 Å². The third kappa shape index (κ3) is 5.65. The summed E-state index contributed by atoms with van der Waals surface area (Å²) in [4.78, 5) is 24.2. The van der Waals surface area contributed by atoms with Gasteiger partial charge in [-0.15, -0.1) is 0 Å². The van der Waals surface area contributed by atoms with Crippen LogP contribution >= 0.6 is 0 Å². The number of carbonyl (C=O) groups excluding carboxylic acids is 2. The first kappa shape index (κ1) is 19.6. The summed E-state index contributed by atoms with van der Waals surface area (Å²) in [6.45, 7) is 6.47. The molecule has 0 aliphatic heterocycles. The summed E-state index contributed by atoms with van der Waals surface area (Å²) >= 11 is 0. The van der Waals surface area contributed by atoms with Crippen LogP contribution in [0.15, 0.2) is 47.1 Å². The van der Waals surface area contributed by atoms with E-state index in [2.05, 4.69) is 24.5 Å². The van der Waals surface area contributed by atoms with Gasteiger partial charge in [-0.05, 0) is 30.9 Å². The van der Waals surface area contributed by atoms with Crippen molar-refractivity contribution in [2.24, 2.45) is 5.92 Å². The number of furan rings is 1. The number of hydrogen-bond acceptors (Lipinski definition) is 4. The van der Waals surface area contributed by atoms with Crippen molar-refractivity contribution in [3.63, 3.8) is 0 Å². The number of ether oxygens (including phenoxy) is 1. The molecule has 0 aliphatic rings. The Labute approximate surface area is 153 Å². The third-order valence-corrected chi connectivity index (χ3v) is 3.82. The van der Waals surface area contributed by atoms with Crippen LogP contribution in [0.4, 0.5) is 4.79 Å². The third-order valence-electron chi connectivity index (χ3n) is 3.82. The number of hydrogen-bond donors (Lipinski definition) is 2. The highest BCUT2D eigenvalue weighted by Crippen LogP contribution is 2.24. The van der Waals surface area contributed by atoms with Crippen molar-refractivity contribution in [3.8, 4) is 11.1 Å². The number of rotatable bonds is 8. The molecular formula is C20H26N2O4. The zero-order valence-electron chi connectivity index (χ0n) is 15.5. The molecule has 0 fully saturated rings. The van der Waals surface area contributed by atoms with Gasteiger partial charge in [0.2, 0.25) is 0 Å². The van der Waals surface area contributed by atoms with Gasteiger partial charge in [0.25, 0.3) is 5.91 Å². The Morgan fingerprint density at radius 2 is 1.88 bits per heavy atom. The normalized spacial score (nSPS) is 11.8. The van der Waals surface area contributed by atoms with Gasteiger partial charge in [0, 0.05) is 18.2 Å². The molecule has 26 heavy (non-hydrogen) atoms. The fourth-order valence-corrected chi connectivity index (χ4v) is 2.73. The van der Waals surface area contributed by atoms with Crippen LogP contribution in [0.1, 0.15) is 37.7 Å². The average Bonchev–Trinajstić information content (AvgIpc) is 3.09. The first-order valence-electron chi connectivity index (χ1n) is 8.85. The van der Waals surface area contributed by atoms with Crippen LogP contribution in [-0.2, 0) is 4.74 Å². The lowest BCUT2D eigenvalue weighted by Crippen LogP contribution is -2.44. The van der Waals surface area contributed by atoms with Crippen LogP contribution in [0.25, 0.3) is 11.1 Å². The van der Waals surface area contributed by atoms with Crippen molar-refractivity contribution in [1.29, 1.82) is 0 Å². The van der Waals surface area contributed by atoms with Gasteiger partial charge in [0.05, 0.1) is 12.9 Å². The second-order valence-electron chi connectivity index (χ2n) is 6.43. The Kier molecular flexibility index (Phi) is 7.26. The summed E-state index contributed by atoms with van der Waals surface area (Å²) in [5.41, 5.74) is 1.65. The van der Waals surface area contributed by atoms with Crippen LogP contribution in [0, 0.1) is 5.92 Å². The molecule has 6 heteroatoms. The molecule has 1 atom stereocenters. The maximum atomic E-state index is 12.6. The highest BCUT2D eigenvalue weighted by atomic mass is 16.5. The van der Waals surface area contributed by atoms with Crippen LogP contribution < -0.4 is 10.6 Å². The van der Waals surface area contributed by atoms with E-state index in [1.54, 1.807) is 13.0 Å². The zero-order chi connectivity index (χ0) is 18.9. The molecule has 0 saturated carbocycles. The van der Waals surface area contributed by atoms with Crippen LogP contribution in [-0.4, -0.2) is 31.2 Å². The fraction of sp³-hybridized carbons (Fsp3) is 0.400. The van der Waals surface area contributed by atoms with E-state index in [-0.39, 0.29) is 17.7 Å². The molecule has 1 unspecified atom stereocenters. The Balaban J connectivity index is 2.02. The lowest BCUT2D eigenvalue weighted by Gasteiger charge is -2.20. The van der Waals surface area contributed by atoms with Crippen LogP contribution in [0.3, 0.4) is 0 Å². The van der Waals surface area contributed by atoms with E-state index >= 15 is 0 Å². The molecule has 1 aromatic heterocycles. The van der Waals surface area contributed by atoms with Crippen molar-refractivity contribution in [3.05, 3.63) is 48.4 Å². The minimum atomic E-state index is -0.477. The van der Waals surface area contributed by atoms with Gasteiger partial charge >= 0.3 is 6.09 Å². The van der Waals surface area contributed by atoms with Crippen molar-refractivity contribution in [1.82, 2.24) is 10.6 Å². The molecule has 1 heterocycles. The second kappa shape index (κ2) is 9.65. The van der Waals surface area contributed by atoms with E-state index in [0.717, 1.165) is 17.5 Å². The highest BCUT2D eigenvalue weighted by molar-refractivity contribution is 5.98. The summed E-state index contributed by atoms with van der Waals surface area (Å²) in [6.07, 6.45) is 1.75. The molecule has 0 aliphatic carbocycles. The van der Waals surface area contributed by atoms with Gasteiger partial charge in [-0.1, -0.05) is 44.2 Å². The maximum absolute atomic E-state index is 12.6. The zero-order valence-corrected chi connectivity index (χ0v) is 15.5. The summed E-state index contributed by atoms with van der Waals surface area (Å²) < 4.78 is 10.3. The van der Waals surface area contributed by atoms with Gasteiger partial charge < -0.3 is 19.8 Å². The molecule has 1 aromatic carbocycles. The quantitative estimate of drug-likeness (QED) is 0.751. The van der Waals surface area contributed by atoms with Crippen molar-refractivity contribution in [2.45, 2.75) is 33.2 Å². The smallest absolute Gasteiger partial charge is 0.407 e. The first-order chi connectivity index (χ1) is 12.5. The summed E-state index contributed by atoms with van der Waals surface area (Å²) in [6, 6.07) is 11.1. The predicted molar refractivity (Wildman–Crippen MR) is 99.9 cm³/mol. The molecule has 0 bridgehead atoms. The van der Waals surface area contributed by atoms with Crippen molar-refractivity contribution < 1.29 is 18.7 Å². The molecule has 0 saturated heterocycles. The number of carbonyl (C=O) groups is 2. The van der Waals surface area contributed by atoms with E-state index in [0.29, 0.717) is 19.1 Å². The summed E-state index contributed by atoms with van der Waals surface area (Å²) in [5.74, 6) is 0.311. The summed E-state index contributed by atoms with van der Waals surface area (Å²) in [5, 5.41) is 5.63. The van der Waals surface area contributed by atoms with E-state index < -0.39 is 6.09 Å². The lowest BCUT2D eigenvalue weighted by atomic mass is 10.0. The van der Waals surface area contributed by atoms with Crippen molar-refractivity contribution in [2.75, 3.05) is 13.2 Å². The fourth-order valence-electron chi connectivity index (χ4n) is 2.73. The van der Waals surface area contributed by atoms with Gasteiger partial charge in [-0.2, -0.15) is 0 Å². The number of benzene rings is 1. The molecule has 2 rings (SSSR count). The van der Waals surface area contributed by atoms with Crippen LogP contribution in [0.5, 0.6) is 0 Å². The topological polar surface area (TPSA) is 80.6 Å². The van der Waals surface area contributed by atoms with Gasteiger partial charge in [-0.3, -0.25) is 4.79 Å². The van der Waals surface area contributed by atoms with Crippen molar-refractivity contribution >= 4 is 12.0 Å². The van der Waals surface area contributed by atoms with Crippen LogP contribution in [0.2, 0.25) is 0 Å². The molecule has 0 radical (unpaired) electrons. The van der Waals surface area contributed by atoms with E-state index in [4.69, 9.17) is 9.15 Å². The van der Waals surface area contributed by atoms with Gasteiger partial charge in [-0.25, -0.2) is 4.79 Å². The Bertz CT molecular complexity index is 710. The second-order valence-corrected chi connectivity index (χ2v) is 6.43. The largest absolute Gasteiger partial charge is 0.459 e. The molecule has 2 amide bonds. The minimum absolute atomic E-state index is 0.215. The molecule has 2 aromatic rings. The van der Waals surface area contributed by atoms with Gasteiger partial charge in [0.15, 0.2) is 5.76 Å². The SMILES string of the molecule is CCOC(=O)NC(CNC(=O)c1occc1-c1ccccc1)CC(C)C. The average molecular weight is 358 g/mol. The van der Waals surface area contributed by atoms with E-state index in [1.165, 1.54) is 6.26 Å². The Morgan fingerprint density at radius 1 is 1.15 bits per heavy atom. The predicted octanol–water partition coefficient (Wildman–Crippen LogP) is 3.84. The first-order valence-corrected chi connectivity index (χ1v) is 8.85. The monoisotopic (exact) mass is 358 g/mol. The Morgan fingerprint density at radius 3 is 2.54 bits per heavy atom. The number of amides is 2. The molecule has 140 valence electrons. The van der Waals surface area contributed by atoms with E-state index in [9.17, 15) is 9.59 Å². The molecule has 0 spiro atoms. The molecular weight excluding hydrogens is 332 g/mol. The highest BCUT2D eigenvalue weighted by Gasteiger charge is 2.20. The number of nitrogens with one attached hydrogen (secondary N) is 2. The lowest BCUT2D eigenvalue weighted by molar-refractivity contribution is 0.0918. The standard InChI is InChI=1S/C20H26N2O4/c1-4-25-20(24)22-16(12-14(2)3)13-21-19(23)18-17(10-11-26-18)15-8-6-5-7-9-15/h5-11,14,16H,4,12-13H2,1-3H3,(H,21,23)(H,22,24).